The molecule has 176 valence electrons. The quantitative estimate of drug-likeness (QED) is 0.610. The molecule has 0 atom stereocenters. The van der Waals surface area contributed by atoms with Gasteiger partial charge in [-0.3, -0.25) is 9.59 Å². The first-order valence-corrected chi connectivity index (χ1v) is 13.3. The summed E-state index contributed by atoms with van der Waals surface area (Å²) in [6.45, 7) is 8.14. The number of carbonyl (C=O) groups is 2. The largest absolute Gasteiger partial charge is 0.349 e. The molecule has 2 heterocycles. The van der Waals surface area contributed by atoms with Crippen LogP contribution in [0.3, 0.4) is 0 Å². The second-order valence-corrected chi connectivity index (χ2v) is 12.2. The molecule has 1 aromatic carbocycles. The lowest BCUT2D eigenvalue weighted by Crippen LogP contribution is -2.57. The highest BCUT2D eigenvalue weighted by atomic mass is 32.1. The summed E-state index contributed by atoms with van der Waals surface area (Å²) in [5.41, 5.74) is 5.11. The topological polar surface area (TPSA) is 58.2 Å². The molecule has 33 heavy (non-hydrogen) atoms. The lowest BCUT2D eigenvalue weighted by Gasteiger charge is -2.57. The van der Waals surface area contributed by atoms with Crippen molar-refractivity contribution in [3.8, 4) is 0 Å². The van der Waals surface area contributed by atoms with Crippen molar-refractivity contribution in [1.82, 2.24) is 10.6 Å². The highest BCUT2D eigenvalue weighted by Gasteiger charge is 2.54. The van der Waals surface area contributed by atoms with Crippen molar-refractivity contribution < 1.29 is 9.59 Å². The zero-order valence-corrected chi connectivity index (χ0v) is 20.9. The number of carbonyl (C=O) groups excluding carboxylic acids is 2. The van der Waals surface area contributed by atoms with Gasteiger partial charge in [-0.2, -0.15) is 0 Å². The number of hydrogen-bond acceptors (Lipinski definition) is 4. The van der Waals surface area contributed by atoms with Crippen molar-refractivity contribution in [2.75, 3.05) is 13.1 Å². The summed E-state index contributed by atoms with van der Waals surface area (Å²) in [6.07, 6.45) is 7.32. The molecule has 1 amide bonds. The van der Waals surface area contributed by atoms with Crippen molar-refractivity contribution in [3.63, 3.8) is 0 Å². The van der Waals surface area contributed by atoms with Crippen LogP contribution in [0, 0.1) is 25.2 Å². The van der Waals surface area contributed by atoms with E-state index in [-0.39, 0.29) is 17.9 Å². The van der Waals surface area contributed by atoms with Crippen LogP contribution in [0.25, 0.3) is 0 Å². The molecule has 0 unspecified atom stereocenters. The second kappa shape index (κ2) is 8.99. The first-order valence-electron chi connectivity index (χ1n) is 12.5. The Morgan fingerprint density at radius 3 is 2.33 bits per heavy atom. The molecule has 1 spiro atoms. The van der Waals surface area contributed by atoms with Gasteiger partial charge in [-0.05, 0) is 107 Å². The molecule has 3 fully saturated rings. The molecule has 5 rings (SSSR count). The van der Waals surface area contributed by atoms with Crippen LogP contribution >= 0.6 is 11.3 Å². The van der Waals surface area contributed by atoms with E-state index in [1.54, 1.807) is 18.3 Å². The molecule has 2 aromatic rings. The number of rotatable bonds is 6. The molecule has 2 saturated carbocycles. The van der Waals surface area contributed by atoms with E-state index in [1.165, 1.54) is 34.4 Å². The summed E-state index contributed by atoms with van der Waals surface area (Å²) >= 11 is 1.74. The minimum atomic E-state index is 0.0838. The molecule has 4 nitrogen and oxygen atoms in total. The Labute approximate surface area is 201 Å². The first kappa shape index (κ1) is 22.8. The van der Waals surface area contributed by atoms with Gasteiger partial charge in [0.2, 0.25) is 0 Å². The second-order valence-electron chi connectivity index (χ2n) is 10.8. The van der Waals surface area contributed by atoms with Crippen LogP contribution in [0.5, 0.6) is 0 Å². The van der Waals surface area contributed by atoms with E-state index >= 15 is 0 Å². The summed E-state index contributed by atoms with van der Waals surface area (Å²) in [4.78, 5) is 27.2. The fraction of sp³-hybridized carbons (Fsp3) is 0.571. The summed E-state index contributed by atoms with van der Waals surface area (Å²) in [7, 11) is 0. The zero-order chi connectivity index (χ0) is 23.2. The molecule has 2 aliphatic carbocycles. The van der Waals surface area contributed by atoms with Crippen LogP contribution in [0.4, 0.5) is 0 Å². The van der Waals surface area contributed by atoms with Crippen LogP contribution < -0.4 is 10.6 Å². The average molecular weight is 465 g/mol. The Kier molecular flexibility index (Phi) is 6.21. The van der Waals surface area contributed by atoms with Gasteiger partial charge < -0.3 is 10.6 Å². The van der Waals surface area contributed by atoms with E-state index in [0.717, 1.165) is 55.6 Å². The lowest BCUT2D eigenvalue weighted by atomic mass is 9.49. The Hall–Kier alpha value is -1.98. The Bertz CT molecular complexity index is 1030. The average Bonchev–Trinajstić information content (AvgIpc) is 3.02. The van der Waals surface area contributed by atoms with Gasteiger partial charge in [0.05, 0.1) is 5.56 Å². The predicted molar refractivity (Wildman–Crippen MR) is 134 cm³/mol. The lowest BCUT2D eigenvalue weighted by molar-refractivity contribution is -0.134. The number of Topliss-reactive ketones (excluding diaryl/α,β-unsaturated/α-hetero) is 1. The molecule has 0 bridgehead atoms. The van der Waals surface area contributed by atoms with Gasteiger partial charge in [0.25, 0.3) is 5.91 Å². The van der Waals surface area contributed by atoms with Crippen LogP contribution in [-0.4, -0.2) is 30.8 Å². The smallest absolute Gasteiger partial charge is 0.252 e. The molecule has 3 aliphatic rings. The minimum Gasteiger partial charge on any atom is -0.349 e. The fourth-order valence-corrected chi connectivity index (χ4v) is 7.53. The van der Waals surface area contributed by atoms with Gasteiger partial charge in [-0.25, -0.2) is 0 Å². The van der Waals surface area contributed by atoms with Gasteiger partial charge in [0.1, 0.15) is 5.78 Å². The van der Waals surface area contributed by atoms with Crippen molar-refractivity contribution in [2.45, 2.75) is 77.7 Å². The van der Waals surface area contributed by atoms with Crippen LogP contribution in [0.15, 0.2) is 24.3 Å². The summed E-state index contributed by atoms with van der Waals surface area (Å²) < 4.78 is 0. The summed E-state index contributed by atoms with van der Waals surface area (Å²) in [5.74, 6) is 1.33. The third kappa shape index (κ3) is 4.54. The van der Waals surface area contributed by atoms with Crippen LogP contribution in [-0.2, 0) is 11.2 Å². The summed E-state index contributed by atoms with van der Waals surface area (Å²) in [6, 6.07) is 9.34. The molecular formula is C28H36N2O2S. The number of aryl methyl sites for hydroxylation is 2. The number of benzene rings is 1. The highest BCUT2D eigenvalue weighted by molar-refractivity contribution is 7.12. The molecule has 2 N–H and O–H groups in total. The van der Waals surface area contributed by atoms with E-state index in [4.69, 9.17) is 0 Å². The van der Waals surface area contributed by atoms with Crippen molar-refractivity contribution in [2.24, 2.45) is 11.3 Å². The normalized spacial score (nSPS) is 27.1. The number of thiophene rings is 1. The van der Waals surface area contributed by atoms with Gasteiger partial charge >= 0.3 is 0 Å². The van der Waals surface area contributed by atoms with Gasteiger partial charge in [0.15, 0.2) is 0 Å². The van der Waals surface area contributed by atoms with Gasteiger partial charge in [-0.15, -0.1) is 11.3 Å². The maximum absolute atomic E-state index is 13.3. The summed E-state index contributed by atoms with van der Waals surface area (Å²) in [5, 5.41) is 6.75. The molecule has 5 heteroatoms. The van der Waals surface area contributed by atoms with Crippen molar-refractivity contribution in [3.05, 3.63) is 56.3 Å². The molecular weight excluding hydrogens is 428 g/mol. The van der Waals surface area contributed by atoms with Crippen LogP contribution in [0.1, 0.15) is 88.2 Å². The number of ketones is 1. The van der Waals surface area contributed by atoms with Gasteiger partial charge in [-0.1, -0.05) is 24.3 Å². The monoisotopic (exact) mass is 464 g/mol. The fourth-order valence-electron chi connectivity index (χ4n) is 6.46. The van der Waals surface area contributed by atoms with E-state index < -0.39 is 0 Å². The highest BCUT2D eigenvalue weighted by Crippen LogP contribution is 2.58. The number of amides is 1. The van der Waals surface area contributed by atoms with E-state index in [9.17, 15) is 9.59 Å². The Morgan fingerprint density at radius 1 is 1.03 bits per heavy atom. The first-order chi connectivity index (χ1) is 15.8. The zero-order valence-electron chi connectivity index (χ0n) is 20.1. The number of nitrogens with one attached hydrogen (secondary N) is 2. The SMILES string of the molecule is CC(=O)C1CC2(CC(NC(=O)c3c(C)sc(C)c3Cc3ccc(C4CCNCC4)cc3)C2)C1. The Balaban J connectivity index is 1.23. The van der Waals surface area contributed by atoms with E-state index in [2.05, 4.69) is 48.7 Å². The minimum absolute atomic E-state index is 0.0838. The van der Waals surface area contributed by atoms with E-state index in [1.807, 2.05) is 0 Å². The van der Waals surface area contributed by atoms with Crippen molar-refractivity contribution in [1.29, 1.82) is 0 Å². The number of hydrogen-bond donors (Lipinski definition) is 2. The molecule has 1 aliphatic heterocycles. The Morgan fingerprint density at radius 2 is 1.70 bits per heavy atom. The standard InChI is InChI=1S/C28H36N2O2S/c1-17(31)23-13-28(14-23)15-24(16-28)30-27(32)26-19(3)33-18(2)25(26)12-20-4-6-21(7-5-20)22-8-10-29-11-9-22/h4-7,22-24,29H,8-16H2,1-3H3,(H,30,32). The maximum atomic E-state index is 13.3. The van der Waals surface area contributed by atoms with E-state index in [0.29, 0.717) is 17.1 Å². The van der Waals surface area contributed by atoms with Gasteiger partial charge in [0, 0.05) is 21.7 Å². The molecule has 0 radical (unpaired) electrons. The molecule has 1 aromatic heterocycles. The maximum Gasteiger partial charge on any atom is 0.252 e. The predicted octanol–water partition coefficient (Wildman–Crippen LogP) is 5.30. The third-order valence-electron chi connectivity index (χ3n) is 8.41. The van der Waals surface area contributed by atoms with Crippen LogP contribution in [0.2, 0.25) is 0 Å². The van der Waals surface area contributed by atoms with Crippen molar-refractivity contribution >= 4 is 23.0 Å². The molecule has 1 saturated heterocycles. The number of piperidine rings is 1. The third-order valence-corrected chi connectivity index (χ3v) is 9.47.